The number of fused-ring (bicyclic) bond motifs is 2. The molecule has 174 valence electrons. The number of hydrogen-bond acceptors (Lipinski definition) is 6. The van der Waals surface area contributed by atoms with Crippen LogP contribution >= 0.6 is 11.8 Å². The Balaban J connectivity index is 1.39. The van der Waals surface area contributed by atoms with Crippen molar-refractivity contribution in [2.75, 3.05) is 17.7 Å². The lowest BCUT2D eigenvalue weighted by Crippen LogP contribution is -2.27. The third-order valence-corrected chi connectivity index (χ3v) is 7.07. The van der Waals surface area contributed by atoms with E-state index in [2.05, 4.69) is 17.3 Å². The molecule has 0 radical (unpaired) electrons. The van der Waals surface area contributed by atoms with Gasteiger partial charge in [-0.15, -0.1) is 0 Å². The molecule has 0 bridgehead atoms. The van der Waals surface area contributed by atoms with Crippen molar-refractivity contribution < 1.29 is 9.53 Å². The number of thioether (sulfide) groups is 1. The number of nitrogens with zero attached hydrogens (tertiary/aromatic N) is 4. The van der Waals surface area contributed by atoms with Crippen molar-refractivity contribution in [3.05, 3.63) is 70.1 Å². The van der Waals surface area contributed by atoms with Gasteiger partial charge in [-0.2, -0.15) is 5.10 Å². The molecule has 0 saturated carbocycles. The molecule has 1 atom stereocenters. The molecule has 1 amide bonds. The third-order valence-electron chi connectivity index (χ3n) is 5.98. The molecule has 3 heterocycles. The molecule has 2 aromatic heterocycles. The number of ether oxygens (including phenoxy) is 1. The van der Waals surface area contributed by atoms with E-state index < -0.39 is 0 Å². The van der Waals surface area contributed by atoms with Gasteiger partial charge in [0.25, 0.3) is 5.56 Å². The zero-order chi connectivity index (χ0) is 23.8. The Labute approximate surface area is 201 Å². The molecular weight excluding hydrogens is 450 g/mol. The average molecular weight is 476 g/mol. The van der Waals surface area contributed by atoms with Crippen molar-refractivity contribution in [3.8, 4) is 11.4 Å². The van der Waals surface area contributed by atoms with Crippen LogP contribution in [0.5, 0.6) is 5.75 Å². The molecule has 2 aromatic carbocycles. The Morgan fingerprint density at radius 2 is 1.97 bits per heavy atom. The van der Waals surface area contributed by atoms with Gasteiger partial charge in [-0.25, -0.2) is 9.67 Å². The van der Waals surface area contributed by atoms with Gasteiger partial charge in [0.15, 0.2) is 10.8 Å². The minimum Gasteiger partial charge on any atom is -0.494 e. The number of amides is 1. The minimum absolute atomic E-state index is 0.152. The quantitative estimate of drug-likeness (QED) is 0.419. The molecule has 9 heteroatoms. The summed E-state index contributed by atoms with van der Waals surface area (Å²) in [4.78, 5) is 30.8. The van der Waals surface area contributed by atoms with E-state index in [9.17, 15) is 9.59 Å². The zero-order valence-corrected chi connectivity index (χ0v) is 20.1. The lowest BCUT2D eigenvalue weighted by atomic mass is 10.1. The normalized spacial score (nSPS) is 14.9. The number of aryl methyl sites for hydroxylation is 2. The van der Waals surface area contributed by atoms with Crippen LogP contribution in [0.3, 0.4) is 0 Å². The summed E-state index contributed by atoms with van der Waals surface area (Å²) in [6.45, 7) is 6.61. The lowest BCUT2D eigenvalue weighted by molar-refractivity contribution is -0.116. The highest BCUT2D eigenvalue weighted by Gasteiger charge is 2.29. The fourth-order valence-corrected chi connectivity index (χ4v) is 5.18. The number of nitrogens with one attached hydrogen (secondary N) is 1. The maximum Gasteiger partial charge on any atom is 0.265 e. The predicted octanol–water partition coefficient (Wildman–Crippen LogP) is 4.27. The van der Waals surface area contributed by atoms with Crippen molar-refractivity contribution in [1.29, 1.82) is 0 Å². The molecule has 1 unspecified atom stereocenters. The molecule has 1 aliphatic heterocycles. The van der Waals surface area contributed by atoms with E-state index >= 15 is 0 Å². The highest BCUT2D eigenvalue weighted by atomic mass is 32.2. The smallest absolute Gasteiger partial charge is 0.265 e. The van der Waals surface area contributed by atoms with Crippen LogP contribution in [-0.4, -0.2) is 37.6 Å². The molecule has 8 nitrogen and oxygen atoms in total. The van der Waals surface area contributed by atoms with Crippen LogP contribution in [0.15, 0.2) is 58.6 Å². The van der Waals surface area contributed by atoms with Crippen molar-refractivity contribution >= 4 is 34.4 Å². The van der Waals surface area contributed by atoms with Gasteiger partial charge in [0.2, 0.25) is 5.91 Å². The van der Waals surface area contributed by atoms with Gasteiger partial charge < -0.3 is 10.1 Å². The number of aromatic nitrogens is 4. The van der Waals surface area contributed by atoms with Crippen LogP contribution in [0.2, 0.25) is 0 Å². The second-order valence-electron chi connectivity index (χ2n) is 8.31. The molecule has 5 rings (SSSR count). The molecule has 0 fully saturated rings. The topological polar surface area (TPSA) is 91.0 Å². The highest BCUT2D eigenvalue weighted by Crippen LogP contribution is 2.33. The summed E-state index contributed by atoms with van der Waals surface area (Å²) < 4.78 is 8.78. The largest absolute Gasteiger partial charge is 0.494 e. The third kappa shape index (κ3) is 4.07. The Kier molecular flexibility index (Phi) is 5.87. The van der Waals surface area contributed by atoms with Crippen molar-refractivity contribution in [3.63, 3.8) is 0 Å². The van der Waals surface area contributed by atoms with E-state index in [-0.39, 0.29) is 23.9 Å². The molecule has 34 heavy (non-hydrogen) atoms. The van der Waals surface area contributed by atoms with Gasteiger partial charge in [0, 0.05) is 17.9 Å². The first-order chi connectivity index (χ1) is 16.4. The van der Waals surface area contributed by atoms with E-state index in [1.165, 1.54) is 17.3 Å². The number of carbonyl (C=O) groups is 1. The second kappa shape index (κ2) is 8.98. The monoisotopic (exact) mass is 475 g/mol. The first-order valence-corrected chi connectivity index (χ1v) is 12.2. The molecule has 1 N–H and O–H groups in total. The van der Waals surface area contributed by atoms with Crippen LogP contribution in [0.4, 0.5) is 5.69 Å². The highest BCUT2D eigenvalue weighted by molar-refractivity contribution is 7.99. The maximum absolute atomic E-state index is 13.3. The maximum atomic E-state index is 13.3. The summed E-state index contributed by atoms with van der Waals surface area (Å²) >= 11 is 1.49. The lowest BCUT2D eigenvalue weighted by Gasteiger charge is -2.14. The van der Waals surface area contributed by atoms with E-state index in [0.29, 0.717) is 34.2 Å². The van der Waals surface area contributed by atoms with Crippen LogP contribution < -0.4 is 15.6 Å². The van der Waals surface area contributed by atoms with Crippen LogP contribution in [-0.2, 0) is 4.79 Å². The van der Waals surface area contributed by atoms with Crippen LogP contribution in [0.25, 0.3) is 16.7 Å². The Hall–Kier alpha value is -3.59. The molecule has 0 aliphatic carbocycles. The first-order valence-electron chi connectivity index (χ1n) is 11.2. The fourth-order valence-electron chi connectivity index (χ4n) is 4.05. The number of anilines is 1. The molecule has 0 spiro atoms. The molecule has 1 aliphatic rings. The molecular formula is C25H25N5O3S. The van der Waals surface area contributed by atoms with Crippen molar-refractivity contribution in [2.24, 2.45) is 0 Å². The summed E-state index contributed by atoms with van der Waals surface area (Å²) in [6, 6.07) is 13.0. The second-order valence-corrected chi connectivity index (χ2v) is 9.29. The standard InChI is InChI=1S/C25H25N5O3S/c1-4-33-20-9-6-17(7-10-20)27-22(31)12-19-14-34-25-28-23-21(24(32)29(19)25)13-26-30(23)18-8-5-15(2)16(3)11-18/h5-11,13,19H,4,12,14H2,1-3H3,(H,27,31). The van der Waals surface area contributed by atoms with Gasteiger partial charge >= 0.3 is 0 Å². The van der Waals surface area contributed by atoms with Gasteiger partial charge in [-0.05, 0) is 68.3 Å². The fraction of sp³-hybridized carbons (Fsp3) is 0.280. The summed E-state index contributed by atoms with van der Waals surface area (Å²) in [5.41, 5.74) is 4.26. The minimum atomic E-state index is -0.267. The summed E-state index contributed by atoms with van der Waals surface area (Å²) in [5, 5.41) is 8.41. The zero-order valence-electron chi connectivity index (χ0n) is 19.2. The Morgan fingerprint density at radius 3 is 2.71 bits per heavy atom. The van der Waals surface area contributed by atoms with E-state index in [1.807, 2.05) is 44.2 Å². The number of hydrogen-bond donors (Lipinski definition) is 1. The summed E-state index contributed by atoms with van der Waals surface area (Å²) in [6.07, 6.45) is 1.75. The van der Waals surface area contributed by atoms with E-state index in [0.717, 1.165) is 17.0 Å². The number of carbonyl (C=O) groups excluding carboxylic acids is 1. The predicted molar refractivity (Wildman–Crippen MR) is 133 cm³/mol. The van der Waals surface area contributed by atoms with Crippen molar-refractivity contribution in [2.45, 2.75) is 38.4 Å². The number of rotatable bonds is 6. The van der Waals surface area contributed by atoms with Gasteiger partial charge in [0.1, 0.15) is 11.1 Å². The molecule has 0 saturated heterocycles. The van der Waals surface area contributed by atoms with Crippen LogP contribution in [0.1, 0.15) is 30.5 Å². The summed E-state index contributed by atoms with van der Waals surface area (Å²) in [7, 11) is 0. The number of benzene rings is 2. The van der Waals surface area contributed by atoms with E-state index in [4.69, 9.17) is 9.72 Å². The Morgan fingerprint density at radius 1 is 1.18 bits per heavy atom. The molecule has 4 aromatic rings. The van der Waals surface area contributed by atoms with Gasteiger partial charge in [-0.3, -0.25) is 14.2 Å². The van der Waals surface area contributed by atoms with Crippen LogP contribution in [0, 0.1) is 13.8 Å². The van der Waals surface area contributed by atoms with Gasteiger partial charge in [-0.1, -0.05) is 17.8 Å². The first kappa shape index (κ1) is 22.2. The van der Waals surface area contributed by atoms with E-state index in [1.54, 1.807) is 27.6 Å². The SMILES string of the molecule is CCOc1ccc(NC(=O)CC2CSc3nc4c(cnn4-c4ccc(C)c(C)c4)c(=O)n32)cc1. The van der Waals surface area contributed by atoms with Crippen molar-refractivity contribution in [1.82, 2.24) is 19.3 Å². The average Bonchev–Trinajstić information content (AvgIpc) is 3.42. The van der Waals surface area contributed by atoms with Gasteiger partial charge in [0.05, 0.1) is 24.5 Å². The summed E-state index contributed by atoms with van der Waals surface area (Å²) in [5.74, 6) is 1.22. The Bertz CT molecular complexity index is 1440.